The zero-order valence-electron chi connectivity index (χ0n) is 20.2. The zero-order chi connectivity index (χ0) is 24.4. The van der Waals surface area contributed by atoms with E-state index in [1.54, 1.807) is 22.7 Å². The average molecular weight is 471 g/mol. The van der Waals surface area contributed by atoms with E-state index in [9.17, 15) is 4.79 Å². The summed E-state index contributed by atoms with van der Waals surface area (Å²) in [5.74, 6) is 0.822. The largest absolute Gasteiger partial charge is 0.381 e. The Morgan fingerprint density at radius 2 is 1.77 bits per heavy atom. The highest BCUT2D eigenvalue weighted by Gasteiger charge is 2.36. The van der Waals surface area contributed by atoms with E-state index in [1.165, 1.54) is 5.56 Å². The van der Waals surface area contributed by atoms with E-state index in [1.807, 2.05) is 68.7 Å². The first-order valence-electron chi connectivity index (χ1n) is 11.8. The van der Waals surface area contributed by atoms with Crippen molar-refractivity contribution in [2.75, 3.05) is 12.4 Å². The molecule has 2 aromatic heterocycles. The van der Waals surface area contributed by atoms with Gasteiger partial charge in [-0.3, -0.25) is 10.00 Å². The second-order valence-corrected chi connectivity index (χ2v) is 9.02. The Bertz CT molecular complexity index is 1300. The number of rotatable bonds is 6. The number of carbonyl (C=O) groups is 1. The molecule has 2 N–H and O–H groups in total. The van der Waals surface area contributed by atoms with Gasteiger partial charge in [-0.2, -0.15) is 10.2 Å². The van der Waals surface area contributed by atoms with E-state index in [0.717, 1.165) is 35.3 Å². The van der Waals surface area contributed by atoms with Gasteiger partial charge < -0.3 is 10.1 Å². The van der Waals surface area contributed by atoms with Crippen molar-refractivity contribution in [2.24, 2.45) is 7.05 Å². The number of hydrogen-bond donors (Lipinski definition) is 2. The van der Waals surface area contributed by atoms with Crippen molar-refractivity contribution < 1.29 is 9.53 Å². The number of para-hydroxylation sites is 1. The first kappa shape index (κ1) is 22.9. The Morgan fingerprint density at radius 1 is 1.06 bits per heavy atom. The summed E-state index contributed by atoms with van der Waals surface area (Å²) in [5.41, 5.74) is 4.62. The number of urea groups is 1. The van der Waals surface area contributed by atoms with Crippen molar-refractivity contribution in [3.63, 3.8) is 0 Å². The molecule has 3 atom stereocenters. The highest BCUT2D eigenvalue weighted by Crippen LogP contribution is 2.36. The lowest BCUT2D eigenvalue weighted by molar-refractivity contribution is 0.106. The smallest absolute Gasteiger partial charge is 0.320 e. The first-order valence-corrected chi connectivity index (χ1v) is 11.8. The van der Waals surface area contributed by atoms with Crippen LogP contribution in [0.2, 0.25) is 0 Å². The van der Waals surface area contributed by atoms with Crippen LogP contribution >= 0.6 is 0 Å². The maximum absolute atomic E-state index is 13.3. The van der Waals surface area contributed by atoms with E-state index in [0.29, 0.717) is 5.82 Å². The van der Waals surface area contributed by atoms with Crippen molar-refractivity contribution in [1.29, 1.82) is 0 Å². The number of amides is 2. The maximum Gasteiger partial charge on any atom is 0.320 e. The Morgan fingerprint density at radius 3 is 2.43 bits per heavy atom. The molecule has 180 valence electrons. The third-order valence-electron chi connectivity index (χ3n) is 6.73. The quantitative estimate of drug-likeness (QED) is 0.429. The fourth-order valence-corrected chi connectivity index (χ4v) is 4.94. The van der Waals surface area contributed by atoms with Crippen molar-refractivity contribution >= 4 is 11.8 Å². The Balaban J connectivity index is 1.43. The molecule has 0 aliphatic heterocycles. The number of ether oxygens (including phenoxy) is 1. The molecule has 1 saturated carbocycles. The number of methoxy groups -OCH3 is 1. The van der Waals surface area contributed by atoms with Crippen LogP contribution in [0, 0.1) is 6.92 Å². The second kappa shape index (κ2) is 9.76. The minimum Gasteiger partial charge on any atom is -0.381 e. The SMILES string of the molecule is CO[C@@H]1CC(c2ccccc2)[C@H](NC(=O)Nc2c(C)c(-c3cnn(C)c3)nn2-c2ccccc2)C1. The van der Waals surface area contributed by atoms with E-state index in [-0.39, 0.29) is 24.1 Å². The molecule has 8 heteroatoms. The minimum atomic E-state index is -0.259. The number of carbonyl (C=O) groups excluding carboxylic acids is 1. The zero-order valence-corrected chi connectivity index (χ0v) is 20.2. The van der Waals surface area contributed by atoms with E-state index in [2.05, 4.69) is 27.9 Å². The molecular weight excluding hydrogens is 440 g/mol. The summed E-state index contributed by atoms with van der Waals surface area (Å²) in [6, 6.07) is 19.8. The van der Waals surface area contributed by atoms with E-state index >= 15 is 0 Å². The van der Waals surface area contributed by atoms with Crippen LogP contribution in [0.3, 0.4) is 0 Å². The van der Waals surface area contributed by atoms with Gasteiger partial charge in [0.15, 0.2) is 0 Å². The molecule has 4 aromatic rings. The van der Waals surface area contributed by atoms with Crippen LogP contribution in [0.5, 0.6) is 0 Å². The molecule has 1 aliphatic rings. The van der Waals surface area contributed by atoms with Crippen LogP contribution in [0.25, 0.3) is 16.9 Å². The van der Waals surface area contributed by atoms with Gasteiger partial charge in [0.05, 0.1) is 18.0 Å². The molecule has 0 saturated heterocycles. The van der Waals surface area contributed by atoms with Crippen LogP contribution in [-0.4, -0.2) is 44.8 Å². The summed E-state index contributed by atoms with van der Waals surface area (Å²) in [6.45, 7) is 1.97. The van der Waals surface area contributed by atoms with Gasteiger partial charge in [-0.1, -0.05) is 48.5 Å². The van der Waals surface area contributed by atoms with Crippen molar-refractivity contribution in [3.05, 3.63) is 84.2 Å². The molecule has 8 nitrogen and oxygen atoms in total. The molecule has 1 aliphatic carbocycles. The third-order valence-corrected chi connectivity index (χ3v) is 6.73. The Hall–Kier alpha value is -3.91. The maximum atomic E-state index is 13.3. The van der Waals surface area contributed by atoms with Gasteiger partial charge in [0.1, 0.15) is 11.5 Å². The molecule has 0 spiro atoms. The van der Waals surface area contributed by atoms with Crippen LogP contribution in [0.15, 0.2) is 73.1 Å². The Labute approximate surface area is 204 Å². The van der Waals surface area contributed by atoms with Gasteiger partial charge in [-0.25, -0.2) is 9.48 Å². The number of benzene rings is 2. The molecule has 5 rings (SSSR count). The molecule has 2 heterocycles. The number of hydrogen-bond acceptors (Lipinski definition) is 4. The number of nitrogens with one attached hydrogen (secondary N) is 2. The summed E-state index contributed by atoms with van der Waals surface area (Å²) in [6.07, 6.45) is 5.45. The summed E-state index contributed by atoms with van der Waals surface area (Å²) in [4.78, 5) is 13.3. The molecule has 1 fully saturated rings. The average Bonchev–Trinajstić information content (AvgIpc) is 3.58. The van der Waals surface area contributed by atoms with Crippen molar-refractivity contribution in [1.82, 2.24) is 24.9 Å². The fourth-order valence-electron chi connectivity index (χ4n) is 4.94. The highest BCUT2D eigenvalue weighted by atomic mass is 16.5. The fraction of sp³-hybridized carbons (Fsp3) is 0.296. The molecule has 0 radical (unpaired) electrons. The van der Waals surface area contributed by atoms with E-state index in [4.69, 9.17) is 9.84 Å². The lowest BCUT2D eigenvalue weighted by atomic mass is 9.94. The highest BCUT2D eigenvalue weighted by molar-refractivity contribution is 5.91. The number of aryl methyl sites for hydroxylation is 1. The van der Waals surface area contributed by atoms with Crippen molar-refractivity contribution in [3.8, 4) is 16.9 Å². The lowest BCUT2D eigenvalue weighted by Gasteiger charge is -2.21. The van der Waals surface area contributed by atoms with Gasteiger partial charge in [-0.05, 0) is 37.5 Å². The summed E-state index contributed by atoms with van der Waals surface area (Å²) >= 11 is 0. The molecular formula is C27H30N6O2. The molecule has 2 amide bonds. The van der Waals surface area contributed by atoms with Gasteiger partial charge >= 0.3 is 6.03 Å². The van der Waals surface area contributed by atoms with Crippen LogP contribution in [0.4, 0.5) is 10.6 Å². The van der Waals surface area contributed by atoms with E-state index < -0.39 is 0 Å². The van der Waals surface area contributed by atoms with Crippen LogP contribution < -0.4 is 10.6 Å². The molecule has 2 aromatic carbocycles. The number of nitrogens with zero attached hydrogens (tertiary/aromatic N) is 4. The Kier molecular flexibility index (Phi) is 6.37. The summed E-state index contributed by atoms with van der Waals surface area (Å²) < 4.78 is 9.17. The van der Waals surface area contributed by atoms with Crippen molar-refractivity contribution in [2.45, 2.75) is 37.8 Å². The van der Waals surface area contributed by atoms with Gasteiger partial charge in [0.25, 0.3) is 0 Å². The minimum absolute atomic E-state index is 0.0338. The first-order chi connectivity index (χ1) is 17.0. The molecule has 1 unspecified atom stereocenters. The van der Waals surface area contributed by atoms with Crippen LogP contribution in [0.1, 0.15) is 29.9 Å². The number of aromatic nitrogens is 4. The summed E-state index contributed by atoms with van der Waals surface area (Å²) in [7, 11) is 3.61. The third kappa shape index (κ3) is 4.70. The lowest BCUT2D eigenvalue weighted by Crippen LogP contribution is -2.40. The monoisotopic (exact) mass is 470 g/mol. The van der Waals surface area contributed by atoms with Gasteiger partial charge in [0, 0.05) is 43.4 Å². The second-order valence-electron chi connectivity index (χ2n) is 9.02. The van der Waals surface area contributed by atoms with Crippen LogP contribution in [-0.2, 0) is 11.8 Å². The normalized spacial score (nSPS) is 19.6. The topological polar surface area (TPSA) is 86.0 Å². The predicted octanol–water partition coefficient (Wildman–Crippen LogP) is 4.66. The molecule has 35 heavy (non-hydrogen) atoms. The standard InChI is InChI=1S/C27H30N6O2/c1-18-25(20-16-28-32(2)17-20)31-33(21-12-8-5-9-13-21)26(18)30-27(34)29-24-15-22(35-3)14-23(24)19-10-6-4-7-11-19/h4-13,16-17,22-24H,14-15H2,1-3H3,(H2,29,30,34)/t22-,23?,24-/m1/s1. The molecule has 0 bridgehead atoms. The predicted molar refractivity (Wildman–Crippen MR) is 136 cm³/mol. The van der Waals surface area contributed by atoms with Gasteiger partial charge in [0.2, 0.25) is 0 Å². The summed E-state index contributed by atoms with van der Waals surface area (Å²) in [5, 5.41) is 15.4. The number of anilines is 1. The van der Waals surface area contributed by atoms with Gasteiger partial charge in [-0.15, -0.1) is 0 Å².